The molecule has 0 aromatic carbocycles. The molecule has 0 saturated heterocycles. The summed E-state index contributed by atoms with van der Waals surface area (Å²) in [5.41, 5.74) is 7.91. The van der Waals surface area contributed by atoms with Crippen molar-refractivity contribution in [2.75, 3.05) is 11.1 Å². The fourth-order valence-electron chi connectivity index (χ4n) is 2.60. The lowest BCUT2D eigenvalue weighted by Crippen LogP contribution is -2.29. The number of aliphatic hydroxyl groups excluding tert-OH is 1. The average molecular weight is 252 g/mol. The van der Waals surface area contributed by atoms with Crippen molar-refractivity contribution in [1.29, 1.82) is 0 Å². The number of nitrogens with zero attached hydrogens (tertiary/aromatic N) is 2. The van der Waals surface area contributed by atoms with Crippen LogP contribution in [0.15, 0.2) is 0 Å². The van der Waals surface area contributed by atoms with Crippen LogP contribution in [0, 0.1) is 0 Å². The van der Waals surface area contributed by atoms with Gasteiger partial charge in [-0.15, -0.1) is 0 Å². The Hall–Kier alpha value is -1.23. The lowest BCUT2D eigenvalue weighted by atomic mass is 9.93. The molecule has 1 aliphatic rings. The van der Waals surface area contributed by atoms with E-state index in [0.717, 1.165) is 55.7 Å². The first-order chi connectivity index (χ1) is 8.61. The SMILES string of the molecule is CCCc1nn(C)c(NC2CCC(O)CC2)c1N. The predicted molar refractivity (Wildman–Crippen MR) is 73.5 cm³/mol. The van der Waals surface area contributed by atoms with Crippen LogP contribution >= 0.6 is 0 Å². The summed E-state index contributed by atoms with van der Waals surface area (Å²) < 4.78 is 1.84. The van der Waals surface area contributed by atoms with Gasteiger partial charge in [0.15, 0.2) is 0 Å². The van der Waals surface area contributed by atoms with E-state index in [9.17, 15) is 5.11 Å². The van der Waals surface area contributed by atoms with Gasteiger partial charge in [-0.05, 0) is 32.1 Å². The molecule has 5 nitrogen and oxygen atoms in total. The molecule has 102 valence electrons. The Morgan fingerprint density at radius 3 is 2.67 bits per heavy atom. The molecule has 1 aliphatic carbocycles. The predicted octanol–water partition coefficient (Wildman–Crippen LogP) is 1.67. The molecule has 0 atom stereocenters. The zero-order chi connectivity index (χ0) is 13.1. The molecule has 1 heterocycles. The number of aryl methyl sites for hydroxylation is 2. The molecule has 0 radical (unpaired) electrons. The molecule has 1 fully saturated rings. The fourth-order valence-corrected chi connectivity index (χ4v) is 2.60. The van der Waals surface area contributed by atoms with Crippen LogP contribution in [0.25, 0.3) is 0 Å². The fraction of sp³-hybridized carbons (Fsp3) is 0.769. The maximum absolute atomic E-state index is 9.51. The van der Waals surface area contributed by atoms with E-state index in [4.69, 9.17) is 5.73 Å². The van der Waals surface area contributed by atoms with Crippen molar-refractivity contribution >= 4 is 11.5 Å². The summed E-state index contributed by atoms with van der Waals surface area (Å²) in [4.78, 5) is 0. The minimum atomic E-state index is -0.123. The normalized spacial score (nSPS) is 24.2. The van der Waals surface area contributed by atoms with Crippen LogP contribution in [0.4, 0.5) is 11.5 Å². The topological polar surface area (TPSA) is 76.1 Å². The van der Waals surface area contributed by atoms with Gasteiger partial charge in [-0.1, -0.05) is 13.3 Å². The molecule has 0 unspecified atom stereocenters. The average Bonchev–Trinajstić information content (AvgIpc) is 2.60. The zero-order valence-corrected chi connectivity index (χ0v) is 11.3. The number of rotatable bonds is 4. The molecule has 1 saturated carbocycles. The lowest BCUT2D eigenvalue weighted by Gasteiger charge is -2.27. The van der Waals surface area contributed by atoms with Gasteiger partial charge in [0.05, 0.1) is 17.5 Å². The largest absolute Gasteiger partial charge is 0.394 e. The lowest BCUT2D eigenvalue weighted by molar-refractivity contribution is 0.126. The van der Waals surface area contributed by atoms with Crippen molar-refractivity contribution < 1.29 is 5.11 Å². The zero-order valence-electron chi connectivity index (χ0n) is 11.3. The number of hydrogen-bond acceptors (Lipinski definition) is 4. The second kappa shape index (κ2) is 5.61. The highest BCUT2D eigenvalue weighted by Crippen LogP contribution is 2.27. The van der Waals surface area contributed by atoms with Gasteiger partial charge in [0.2, 0.25) is 0 Å². The van der Waals surface area contributed by atoms with E-state index in [1.165, 1.54) is 0 Å². The summed E-state index contributed by atoms with van der Waals surface area (Å²) >= 11 is 0. The second-order valence-electron chi connectivity index (χ2n) is 5.23. The highest BCUT2D eigenvalue weighted by Gasteiger charge is 2.21. The maximum atomic E-state index is 9.51. The first-order valence-corrected chi connectivity index (χ1v) is 6.87. The van der Waals surface area contributed by atoms with Crippen LogP contribution in [-0.2, 0) is 13.5 Å². The smallest absolute Gasteiger partial charge is 0.147 e. The second-order valence-corrected chi connectivity index (χ2v) is 5.23. The molecule has 4 N–H and O–H groups in total. The molecule has 0 spiro atoms. The molecule has 0 amide bonds. The van der Waals surface area contributed by atoms with Crippen molar-refractivity contribution in [3.63, 3.8) is 0 Å². The number of nitrogen functional groups attached to an aromatic ring is 1. The number of aliphatic hydroxyl groups is 1. The van der Waals surface area contributed by atoms with E-state index >= 15 is 0 Å². The molecule has 0 bridgehead atoms. The third-order valence-electron chi connectivity index (χ3n) is 3.68. The first kappa shape index (κ1) is 13.2. The van der Waals surface area contributed by atoms with Gasteiger partial charge >= 0.3 is 0 Å². The third kappa shape index (κ3) is 2.77. The van der Waals surface area contributed by atoms with Gasteiger partial charge < -0.3 is 16.2 Å². The maximum Gasteiger partial charge on any atom is 0.147 e. The van der Waals surface area contributed by atoms with E-state index in [1.807, 2.05) is 11.7 Å². The van der Waals surface area contributed by atoms with Crippen LogP contribution in [0.5, 0.6) is 0 Å². The van der Waals surface area contributed by atoms with Crippen LogP contribution < -0.4 is 11.1 Å². The minimum Gasteiger partial charge on any atom is -0.394 e. The van der Waals surface area contributed by atoms with Crippen molar-refractivity contribution in [3.05, 3.63) is 5.69 Å². The Bertz CT molecular complexity index is 394. The molecule has 1 aromatic rings. The quantitative estimate of drug-likeness (QED) is 0.762. The summed E-state index contributed by atoms with van der Waals surface area (Å²) in [6.07, 6.45) is 5.59. The molecule has 0 aliphatic heterocycles. The highest BCUT2D eigenvalue weighted by atomic mass is 16.3. The third-order valence-corrected chi connectivity index (χ3v) is 3.68. The van der Waals surface area contributed by atoms with E-state index in [0.29, 0.717) is 6.04 Å². The van der Waals surface area contributed by atoms with Crippen LogP contribution in [0.3, 0.4) is 0 Å². The minimum absolute atomic E-state index is 0.123. The molecular weight excluding hydrogens is 228 g/mol. The summed E-state index contributed by atoms with van der Waals surface area (Å²) in [7, 11) is 1.93. The van der Waals surface area contributed by atoms with E-state index < -0.39 is 0 Å². The molecule has 5 heteroatoms. The summed E-state index contributed by atoms with van der Waals surface area (Å²) in [6.45, 7) is 2.13. The van der Waals surface area contributed by atoms with E-state index in [1.54, 1.807) is 0 Å². The monoisotopic (exact) mass is 252 g/mol. The van der Waals surface area contributed by atoms with Gasteiger partial charge in [0.1, 0.15) is 5.82 Å². The van der Waals surface area contributed by atoms with Crippen molar-refractivity contribution in [3.8, 4) is 0 Å². The van der Waals surface area contributed by atoms with Gasteiger partial charge in [-0.2, -0.15) is 5.10 Å². The van der Waals surface area contributed by atoms with Gasteiger partial charge in [-0.3, -0.25) is 4.68 Å². The van der Waals surface area contributed by atoms with Crippen molar-refractivity contribution in [2.24, 2.45) is 7.05 Å². The Morgan fingerprint density at radius 2 is 2.06 bits per heavy atom. The van der Waals surface area contributed by atoms with Crippen LogP contribution in [0.1, 0.15) is 44.7 Å². The van der Waals surface area contributed by atoms with Gasteiger partial charge in [-0.25, -0.2) is 0 Å². The number of hydrogen-bond donors (Lipinski definition) is 3. The summed E-state index contributed by atoms with van der Waals surface area (Å²) in [5.74, 6) is 0.930. The first-order valence-electron chi connectivity index (χ1n) is 6.87. The molecular formula is C13H24N4O. The Labute approximate surface area is 108 Å². The van der Waals surface area contributed by atoms with E-state index in [2.05, 4.69) is 17.3 Å². The van der Waals surface area contributed by atoms with Crippen LogP contribution in [0.2, 0.25) is 0 Å². The molecule has 1 aromatic heterocycles. The number of anilines is 2. The Morgan fingerprint density at radius 1 is 1.39 bits per heavy atom. The Kier molecular flexibility index (Phi) is 4.11. The van der Waals surface area contributed by atoms with Crippen molar-refractivity contribution in [2.45, 2.75) is 57.6 Å². The number of aromatic nitrogens is 2. The van der Waals surface area contributed by atoms with Gasteiger partial charge in [0, 0.05) is 13.1 Å². The molecule has 18 heavy (non-hydrogen) atoms. The van der Waals surface area contributed by atoms with Crippen LogP contribution in [-0.4, -0.2) is 27.0 Å². The summed E-state index contributed by atoms with van der Waals surface area (Å²) in [5, 5.41) is 17.4. The molecule has 2 rings (SSSR count). The van der Waals surface area contributed by atoms with Gasteiger partial charge in [0.25, 0.3) is 0 Å². The standard InChI is InChI=1S/C13H24N4O/c1-3-4-11-12(14)13(17(2)16-11)15-9-5-7-10(18)8-6-9/h9-10,15,18H,3-8,14H2,1-2H3. The van der Waals surface area contributed by atoms with Crippen molar-refractivity contribution in [1.82, 2.24) is 9.78 Å². The van der Waals surface area contributed by atoms with E-state index in [-0.39, 0.29) is 6.10 Å². The number of nitrogens with one attached hydrogen (secondary N) is 1. The number of nitrogens with two attached hydrogens (primary N) is 1. The Balaban J connectivity index is 2.04. The summed E-state index contributed by atoms with van der Waals surface area (Å²) in [6, 6.07) is 0.403. The highest BCUT2D eigenvalue weighted by molar-refractivity contribution is 5.65.